The molecule has 2 rings (SSSR count). The zero-order chi connectivity index (χ0) is 14.6. The monoisotopic (exact) mass is 291 g/mol. The van der Waals surface area contributed by atoms with Crippen LogP contribution in [0, 0.1) is 6.92 Å². The SMILES string of the molecule is C/C(=N\OS(O)(O)c1ccc(C)cc1)c1ccccc1. The van der Waals surface area contributed by atoms with Crippen molar-refractivity contribution in [3.8, 4) is 0 Å². The summed E-state index contributed by atoms with van der Waals surface area (Å²) >= 11 is 0. The Balaban J connectivity index is 2.14. The van der Waals surface area contributed by atoms with Crippen molar-refractivity contribution >= 4 is 16.6 Å². The molecule has 0 aromatic heterocycles. The van der Waals surface area contributed by atoms with Crippen LogP contribution < -0.4 is 0 Å². The molecule has 2 aromatic rings. The maximum atomic E-state index is 9.98. The minimum atomic E-state index is -3.37. The van der Waals surface area contributed by atoms with Gasteiger partial charge in [0.05, 0.1) is 10.6 Å². The molecule has 0 radical (unpaired) electrons. The summed E-state index contributed by atoms with van der Waals surface area (Å²) in [5, 5.41) is 3.82. The molecule has 0 aliphatic rings. The van der Waals surface area contributed by atoms with E-state index in [1.165, 1.54) is 0 Å². The van der Waals surface area contributed by atoms with Gasteiger partial charge in [-0.15, -0.1) is 0 Å². The molecule has 4 nitrogen and oxygen atoms in total. The van der Waals surface area contributed by atoms with Gasteiger partial charge in [-0.3, -0.25) is 13.4 Å². The molecule has 0 spiro atoms. The molecule has 106 valence electrons. The van der Waals surface area contributed by atoms with E-state index in [1.54, 1.807) is 31.2 Å². The van der Waals surface area contributed by atoms with E-state index in [0.29, 0.717) is 10.6 Å². The lowest BCUT2D eigenvalue weighted by Crippen LogP contribution is -2.02. The normalized spacial score (nSPS) is 13.1. The smallest absolute Gasteiger partial charge is 0.186 e. The summed E-state index contributed by atoms with van der Waals surface area (Å²) in [6.45, 7) is 3.67. The molecular weight excluding hydrogens is 274 g/mol. The molecule has 0 bridgehead atoms. The third kappa shape index (κ3) is 3.60. The highest BCUT2D eigenvalue weighted by atomic mass is 32.3. The van der Waals surface area contributed by atoms with Crippen LogP contribution in [0.15, 0.2) is 64.6 Å². The van der Waals surface area contributed by atoms with E-state index in [4.69, 9.17) is 4.28 Å². The van der Waals surface area contributed by atoms with Crippen LogP contribution in [-0.2, 0) is 4.28 Å². The summed E-state index contributed by atoms with van der Waals surface area (Å²) in [7, 11) is -3.37. The summed E-state index contributed by atoms with van der Waals surface area (Å²) in [6.07, 6.45) is 0. The van der Waals surface area contributed by atoms with Crippen LogP contribution in [0.1, 0.15) is 18.1 Å². The van der Waals surface area contributed by atoms with Crippen molar-refractivity contribution < 1.29 is 13.4 Å². The molecular formula is C15H17NO3S. The molecule has 0 atom stereocenters. The van der Waals surface area contributed by atoms with Gasteiger partial charge in [-0.2, -0.15) is 0 Å². The van der Waals surface area contributed by atoms with E-state index in [2.05, 4.69) is 5.16 Å². The predicted molar refractivity (Wildman–Crippen MR) is 82.0 cm³/mol. The minimum absolute atomic E-state index is 0.313. The average molecular weight is 291 g/mol. The maximum Gasteiger partial charge on any atom is 0.186 e. The molecule has 0 saturated carbocycles. The van der Waals surface area contributed by atoms with Gasteiger partial charge in [-0.25, -0.2) is 0 Å². The van der Waals surface area contributed by atoms with Crippen LogP contribution in [0.2, 0.25) is 0 Å². The quantitative estimate of drug-likeness (QED) is 0.645. The fourth-order valence-corrected chi connectivity index (χ4v) is 2.39. The zero-order valence-corrected chi connectivity index (χ0v) is 12.2. The molecule has 0 saturated heterocycles. The van der Waals surface area contributed by atoms with Crippen molar-refractivity contribution in [3.63, 3.8) is 0 Å². The second-order valence-corrected chi connectivity index (χ2v) is 6.04. The van der Waals surface area contributed by atoms with Crippen molar-refractivity contribution in [2.45, 2.75) is 18.7 Å². The molecule has 2 aromatic carbocycles. The van der Waals surface area contributed by atoms with Crippen molar-refractivity contribution in [1.29, 1.82) is 0 Å². The first-order chi connectivity index (χ1) is 9.49. The number of benzene rings is 2. The highest BCUT2D eigenvalue weighted by molar-refractivity contribution is 8.20. The summed E-state index contributed by atoms with van der Waals surface area (Å²) < 4.78 is 24.9. The first kappa shape index (κ1) is 14.6. The van der Waals surface area contributed by atoms with Gasteiger partial charge in [-0.1, -0.05) is 53.2 Å². The van der Waals surface area contributed by atoms with Crippen molar-refractivity contribution in [2.75, 3.05) is 0 Å². The van der Waals surface area contributed by atoms with E-state index < -0.39 is 10.9 Å². The summed E-state index contributed by atoms with van der Waals surface area (Å²) in [5.74, 6) is 0. The largest absolute Gasteiger partial charge is 0.294 e. The lowest BCUT2D eigenvalue weighted by Gasteiger charge is -2.23. The Labute approximate surface area is 120 Å². The summed E-state index contributed by atoms with van der Waals surface area (Å²) in [4.78, 5) is 0.313. The van der Waals surface area contributed by atoms with Crippen molar-refractivity contribution in [3.05, 3.63) is 65.7 Å². The first-order valence-corrected chi connectivity index (χ1v) is 7.60. The molecule has 0 unspecified atom stereocenters. The molecule has 20 heavy (non-hydrogen) atoms. The minimum Gasteiger partial charge on any atom is -0.294 e. The third-order valence-electron chi connectivity index (χ3n) is 2.80. The predicted octanol–water partition coefficient (Wildman–Crippen LogP) is 4.46. The second kappa shape index (κ2) is 6.09. The lowest BCUT2D eigenvalue weighted by molar-refractivity contribution is 0.276. The molecule has 0 aliphatic heterocycles. The number of oxime groups is 1. The highest BCUT2D eigenvalue weighted by Crippen LogP contribution is 2.49. The van der Waals surface area contributed by atoms with Gasteiger partial charge in [-0.05, 0) is 31.5 Å². The van der Waals surface area contributed by atoms with Crippen LogP contribution in [0.5, 0.6) is 0 Å². The number of nitrogens with zero attached hydrogens (tertiary/aromatic N) is 1. The zero-order valence-electron chi connectivity index (χ0n) is 11.4. The number of rotatable bonds is 4. The molecule has 2 N–H and O–H groups in total. The summed E-state index contributed by atoms with van der Waals surface area (Å²) in [5.41, 5.74) is 2.48. The van der Waals surface area contributed by atoms with Gasteiger partial charge >= 0.3 is 0 Å². The van der Waals surface area contributed by atoms with Gasteiger partial charge in [0, 0.05) is 0 Å². The number of aryl methyl sites for hydroxylation is 1. The van der Waals surface area contributed by atoms with Crippen molar-refractivity contribution in [1.82, 2.24) is 0 Å². The Bertz CT molecular complexity index is 594. The first-order valence-electron chi connectivity index (χ1n) is 6.12. The van der Waals surface area contributed by atoms with E-state index >= 15 is 0 Å². The Morgan fingerprint density at radius 3 is 2.20 bits per heavy atom. The van der Waals surface area contributed by atoms with Crippen LogP contribution in [0.3, 0.4) is 0 Å². The van der Waals surface area contributed by atoms with E-state index in [-0.39, 0.29) is 0 Å². The summed E-state index contributed by atoms with van der Waals surface area (Å²) in [6, 6.07) is 16.2. The van der Waals surface area contributed by atoms with Gasteiger partial charge in [0.25, 0.3) is 0 Å². The number of hydrogen-bond donors (Lipinski definition) is 2. The highest BCUT2D eigenvalue weighted by Gasteiger charge is 2.22. The molecule has 0 fully saturated rings. The standard InChI is InChI=1S/C15H17NO3S/c1-12-8-10-15(11-9-12)20(17,18)19-16-13(2)14-6-4-3-5-7-14/h3-11,17-18H,1-2H3/b16-13+. The fourth-order valence-electron chi connectivity index (χ4n) is 1.60. The van der Waals surface area contributed by atoms with E-state index in [1.807, 2.05) is 37.3 Å². The van der Waals surface area contributed by atoms with Gasteiger partial charge in [0.2, 0.25) is 0 Å². The second-order valence-electron chi connectivity index (χ2n) is 4.43. The van der Waals surface area contributed by atoms with E-state index in [0.717, 1.165) is 11.1 Å². The Morgan fingerprint density at radius 1 is 1.00 bits per heavy atom. The van der Waals surface area contributed by atoms with Crippen LogP contribution >= 0.6 is 10.9 Å². The Morgan fingerprint density at radius 2 is 1.60 bits per heavy atom. The molecule has 0 heterocycles. The fraction of sp³-hybridized carbons (Fsp3) is 0.133. The molecule has 5 heteroatoms. The van der Waals surface area contributed by atoms with Gasteiger partial charge in [0.15, 0.2) is 10.9 Å². The maximum absolute atomic E-state index is 9.98. The van der Waals surface area contributed by atoms with Crippen LogP contribution in [0.25, 0.3) is 0 Å². The van der Waals surface area contributed by atoms with Gasteiger partial charge < -0.3 is 0 Å². The molecule has 0 amide bonds. The average Bonchev–Trinajstić information content (AvgIpc) is 2.46. The lowest BCUT2D eigenvalue weighted by atomic mass is 10.1. The van der Waals surface area contributed by atoms with E-state index in [9.17, 15) is 9.11 Å². The van der Waals surface area contributed by atoms with Crippen molar-refractivity contribution in [2.24, 2.45) is 5.16 Å². The Hall–Kier alpha value is -1.82. The Kier molecular flexibility index (Phi) is 4.44. The topological polar surface area (TPSA) is 62.0 Å². The van der Waals surface area contributed by atoms with Gasteiger partial charge in [0.1, 0.15) is 0 Å². The molecule has 0 aliphatic carbocycles. The van der Waals surface area contributed by atoms with Crippen LogP contribution in [-0.4, -0.2) is 14.8 Å². The van der Waals surface area contributed by atoms with Crippen LogP contribution in [0.4, 0.5) is 0 Å². The number of hydrogen-bond acceptors (Lipinski definition) is 4. The third-order valence-corrected chi connectivity index (χ3v) is 3.97.